The van der Waals surface area contributed by atoms with Crippen molar-refractivity contribution in [2.24, 2.45) is 17.8 Å². The Morgan fingerprint density at radius 2 is 1.86 bits per heavy atom. The van der Waals surface area contributed by atoms with Crippen LogP contribution in [0.4, 0.5) is 0 Å². The molecule has 1 aliphatic carbocycles. The summed E-state index contributed by atoms with van der Waals surface area (Å²) < 4.78 is 5.69. The number of rotatable bonds is 4. The van der Waals surface area contributed by atoms with Crippen molar-refractivity contribution in [3.63, 3.8) is 0 Å². The van der Waals surface area contributed by atoms with Crippen molar-refractivity contribution in [2.45, 2.75) is 64.9 Å². The number of H-pyrrole nitrogens is 1. The van der Waals surface area contributed by atoms with Crippen LogP contribution >= 0.6 is 11.6 Å². The summed E-state index contributed by atoms with van der Waals surface area (Å²) in [6.45, 7) is 10.5. The minimum absolute atomic E-state index is 0.0718. The van der Waals surface area contributed by atoms with Gasteiger partial charge in [-0.1, -0.05) is 34.6 Å². The van der Waals surface area contributed by atoms with Gasteiger partial charge >= 0.3 is 5.97 Å². The van der Waals surface area contributed by atoms with E-state index in [0.29, 0.717) is 29.4 Å². The van der Waals surface area contributed by atoms with Gasteiger partial charge in [-0.05, 0) is 30.6 Å². The standard InChI is InChI=1S/C16H26ClN3O2/c1-8(2)14-18-15(20-19-14)12(17)16(21)22-13-10(4)6-9(3)7-11(13)5/h8-13H,6-7H2,1-5H3,(H,18,19,20). The molecule has 1 heterocycles. The quantitative estimate of drug-likeness (QED) is 0.674. The molecule has 1 aromatic heterocycles. The predicted octanol–water partition coefficient (Wildman–Crippen LogP) is 3.82. The lowest BCUT2D eigenvalue weighted by molar-refractivity contribution is -0.157. The van der Waals surface area contributed by atoms with Gasteiger partial charge in [-0.2, -0.15) is 5.10 Å². The second-order valence-corrected chi connectivity index (χ2v) is 7.47. The van der Waals surface area contributed by atoms with Crippen LogP contribution in [0.15, 0.2) is 0 Å². The Bertz CT molecular complexity index is 505. The van der Waals surface area contributed by atoms with Gasteiger partial charge in [0.1, 0.15) is 6.10 Å². The van der Waals surface area contributed by atoms with E-state index >= 15 is 0 Å². The van der Waals surface area contributed by atoms with Crippen molar-refractivity contribution in [2.75, 3.05) is 0 Å². The maximum atomic E-state index is 12.3. The number of hydrogen-bond acceptors (Lipinski definition) is 4. The first-order valence-electron chi connectivity index (χ1n) is 8.06. The number of ether oxygens (including phenoxy) is 1. The maximum Gasteiger partial charge on any atom is 0.332 e. The highest BCUT2D eigenvalue weighted by atomic mass is 35.5. The lowest BCUT2D eigenvalue weighted by Gasteiger charge is -2.37. The lowest BCUT2D eigenvalue weighted by Crippen LogP contribution is -2.38. The van der Waals surface area contributed by atoms with Crippen molar-refractivity contribution in [1.82, 2.24) is 15.2 Å². The Morgan fingerprint density at radius 1 is 1.27 bits per heavy atom. The van der Waals surface area contributed by atoms with Crippen LogP contribution in [-0.2, 0) is 9.53 Å². The van der Waals surface area contributed by atoms with Crippen LogP contribution < -0.4 is 0 Å². The van der Waals surface area contributed by atoms with Crippen LogP contribution in [0, 0.1) is 17.8 Å². The summed E-state index contributed by atoms with van der Waals surface area (Å²) in [6, 6.07) is 0. The van der Waals surface area contributed by atoms with Crippen molar-refractivity contribution in [1.29, 1.82) is 0 Å². The Hall–Kier alpha value is -1.10. The Balaban J connectivity index is 2.01. The van der Waals surface area contributed by atoms with E-state index in [0.717, 1.165) is 12.8 Å². The van der Waals surface area contributed by atoms with E-state index in [2.05, 4.69) is 36.0 Å². The van der Waals surface area contributed by atoms with Crippen molar-refractivity contribution in [3.05, 3.63) is 11.6 Å². The SMILES string of the molecule is CC1CC(C)C(OC(=O)C(Cl)c2nc(C(C)C)n[nH]2)C(C)C1. The van der Waals surface area contributed by atoms with Gasteiger partial charge in [0.25, 0.3) is 0 Å². The second kappa shape index (κ2) is 6.99. The number of aromatic nitrogens is 3. The Labute approximate surface area is 137 Å². The molecule has 1 fully saturated rings. The van der Waals surface area contributed by atoms with E-state index in [-0.39, 0.29) is 12.0 Å². The smallest absolute Gasteiger partial charge is 0.332 e. The molecule has 2 rings (SSSR count). The molecule has 1 aliphatic rings. The maximum absolute atomic E-state index is 12.3. The fourth-order valence-corrected chi connectivity index (χ4v) is 3.54. The van der Waals surface area contributed by atoms with Gasteiger partial charge in [0.15, 0.2) is 17.0 Å². The monoisotopic (exact) mass is 327 g/mol. The van der Waals surface area contributed by atoms with Crippen LogP contribution in [0.1, 0.15) is 70.4 Å². The van der Waals surface area contributed by atoms with Gasteiger partial charge in [-0.25, -0.2) is 9.78 Å². The highest BCUT2D eigenvalue weighted by Gasteiger charge is 2.36. The second-order valence-electron chi connectivity index (χ2n) is 7.03. The van der Waals surface area contributed by atoms with Crippen molar-refractivity contribution in [3.8, 4) is 0 Å². The first kappa shape index (κ1) is 17.3. The molecule has 0 bridgehead atoms. The van der Waals surface area contributed by atoms with Crippen LogP contribution in [-0.4, -0.2) is 27.3 Å². The van der Waals surface area contributed by atoms with Crippen LogP contribution in [0.25, 0.3) is 0 Å². The topological polar surface area (TPSA) is 67.9 Å². The van der Waals surface area contributed by atoms with Gasteiger partial charge < -0.3 is 4.74 Å². The third kappa shape index (κ3) is 3.80. The number of hydrogen-bond donors (Lipinski definition) is 1. The molecule has 1 saturated carbocycles. The molecule has 0 saturated heterocycles. The zero-order chi connectivity index (χ0) is 16.4. The van der Waals surface area contributed by atoms with Gasteiger partial charge in [0.2, 0.25) is 0 Å². The molecule has 3 atom stereocenters. The van der Waals surface area contributed by atoms with Gasteiger partial charge in [-0.15, -0.1) is 11.6 Å². The summed E-state index contributed by atoms with van der Waals surface area (Å²) in [5, 5.41) is 5.89. The summed E-state index contributed by atoms with van der Waals surface area (Å²) in [6.07, 6.45) is 2.09. The molecule has 6 heteroatoms. The highest BCUT2D eigenvalue weighted by molar-refractivity contribution is 6.29. The van der Waals surface area contributed by atoms with E-state index in [1.807, 2.05) is 13.8 Å². The van der Waals surface area contributed by atoms with E-state index in [1.54, 1.807) is 0 Å². The van der Waals surface area contributed by atoms with Gasteiger partial charge in [0, 0.05) is 5.92 Å². The minimum Gasteiger partial charge on any atom is -0.460 e. The molecule has 0 amide bonds. The number of aromatic amines is 1. The van der Waals surface area contributed by atoms with Crippen molar-refractivity contribution < 1.29 is 9.53 Å². The Kier molecular flexibility index (Phi) is 5.48. The average Bonchev–Trinajstić information content (AvgIpc) is 2.91. The zero-order valence-electron chi connectivity index (χ0n) is 14.0. The minimum atomic E-state index is -0.932. The molecule has 1 aromatic rings. The Morgan fingerprint density at radius 3 is 2.36 bits per heavy atom. The molecule has 0 aromatic carbocycles. The molecule has 3 unspecified atom stereocenters. The zero-order valence-corrected chi connectivity index (χ0v) is 14.7. The van der Waals surface area contributed by atoms with Crippen LogP contribution in [0.5, 0.6) is 0 Å². The summed E-state index contributed by atoms with van der Waals surface area (Å²) in [4.78, 5) is 16.6. The predicted molar refractivity (Wildman–Crippen MR) is 85.7 cm³/mol. The van der Waals surface area contributed by atoms with Crippen LogP contribution in [0.2, 0.25) is 0 Å². The number of alkyl halides is 1. The molecule has 0 radical (unpaired) electrons. The molecule has 0 spiro atoms. The number of esters is 1. The van der Waals surface area contributed by atoms with Gasteiger partial charge in [0.05, 0.1) is 0 Å². The normalized spacial score (nSPS) is 30.3. The summed E-state index contributed by atoms with van der Waals surface area (Å²) in [5.41, 5.74) is 0. The number of carbonyl (C=O) groups excluding carboxylic acids is 1. The van der Waals surface area contributed by atoms with Crippen molar-refractivity contribution >= 4 is 17.6 Å². The fourth-order valence-electron chi connectivity index (χ4n) is 3.39. The molecule has 5 nitrogen and oxygen atoms in total. The van der Waals surface area contributed by atoms with Gasteiger partial charge in [-0.3, -0.25) is 5.10 Å². The summed E-state index contributed by atoms with van der Waals surface area (Å²) >= 11 is 6.21. The highest BCUT2D eigenvalue weighted by Crippen LogP contribution is 2.36. The number of nitrogens with zero attached hydrogens (tertiary/aromatic N) is 2. The number of halogens is 1. The van der Waals surface area contributed by atoms with E-state index in [9.17, 15) is 4.79 Å². The largest absolute Gasteiger partial charge is 0.460 e. The molecular formula is C16H26ClN3O2. The van der Waals surface area contributed by atoms with E-state index < -0.39 is 11.3 Å². The first-order chi connectivity index (χ1) is 10.3. The van der Waals surface area contributed by atoms with E-state index in [1.165, 1.54) is 0 Å². The molecule has 0 aliphatic heterocycles. The molecule has 124 valence electrons. The molecule has 22 heavy (non-hydrogen) atoms. The third-order valence-corrected chi connectivity index (χ3v) is 4.79. The first-order valence-corrected chi connectivity index (χ1v) is 8.50. The van der Waals surface area contributed by atoms with Crippen LogP contribution in [0.3, 0.4) is 0 Å². The summed E-state index contributed by atoms with van der Waals surface area (Å²) in [5.74, 6) is 2.15. The molecular weight excluding hydrogens is 302 g/mol. The fraction of sp³-hybridized carbons (Fsp3) is 0.812. The number of carbonyl (C=O) groups is 1. The summed E-state index contributed by atoms with van der Waals surface area (Å²) in [7, 11) is 0. The average molecular weight is 328 g/mol. The van der Waals surface area contributed by atoms with E-state index in [4.69, 9.17) is 16.3 Å². The molecule has 1 N–H and O–H groups in total. The lowest BCUT2D eigenvalue weighted by atomic mass is 9.75. The third-order valence-electron chi connectivity index (χ3n) is 4.41. The number of nitrogens with one attached hydrogen (secondary N) is 1.